The van der Waals surface area contributed by atoms with Gasteiger partial charge in [-0.05, 0) is 53.8 Å². The average Bonchev–Trinajstić information content (AvgIpc) is 3.09. The zero-order valence-electron chi connectivity index (χ0n) is 18.9. The summed E-state index contributed by atoms with van der Waals surface area (Å²) in [5.74, 6) is -0.712. The van der Waals surface area contributed by atoms with E-state index < -0.39 is 17.7 Å². The van der Waals surface area contributed by atoms with Gasteiger partial charge in [0.25, 0.3) is 17.7 Å². The lowest BCUT2D eigenvalue weighted by molar-refractivity contribution is -0.118. The Labute approximate surface area is 193 Å². The first-order valence-corrected chi connectivity index (χ1v) is 10.9. The minimum Gasteiger partial charge on any atom is -0.484 e. The van der Waals surface area contributed by atoms with Crippen LogP contribution in [-0.4, -0.2) is 24.3 Å². The maximum atomic E-state index is 13.0. The molecule has 0 aliphatic carbocycles. The summed E-state index contributed by atoms with van der Waals surface area (Å²) < 4.78 is 5.62. The molecule has 3 aromatic carbocycles. The smallest absolute Gasteiger partial charge is 0.268 e. The first-order valence-electron chi connectivity index (χ1n) is 10.9. The molecular formula is C27H26N2O4. The number of carbonyl (C=O) groups is 3. The highest BCUT2D eigenvalue weighted by molar-refractivity contribution is 6.36. The van der Waals surface area contributed by atoms with Crippen molar-refractivity contribution < 1.29 is 19.1 Å². The van der Waals surface area contributed by atoms with Crippen molar-refractivity contribution in [3.63, 3.8) is 0 Å². The van der Waals surface area contributed by atoms with E-state index in [1.807, 2.05) is 30.3 Å². The summed E-state index contributed by atoms with van der Waals surface area (Å²) >= 11 is 0. The number of imide groups is 1. The van der Waals surface area contributed by atoms with Crippen LogP contribution in [0.1, 0.15) is 53.5 Å². The molecule has 0 aromatic heterocycles. The maximum absolute atomic E-state index is 13.0. The Hall–Kier alpha value is -3.93. The number of carbonyl (C=O) groups excluding carboxylic acids is 3. The number of para-hydroxylation sites is 1. The van der Waals surface area contributed by atoms with Gasteiger partial charge in [0.2, 0.25) is 0 Å². The van der Waals surface area contributed by atoms with Gasteiger partial charge in [-0.3, -0.25) is 14.4 Å². The van der Waals surface area contributed by atoms with Gasteiger partial charge >= 0.3 is 0 Å². The molecule has 0 saturated heterocycles. The molecule has 0 bridgehead atoms. The lowest BCUT2D eigenvalue weighted by Gasteiger charge is -2.23. The van der Waals surface area contributed by atoms with Crippen molar-refractivity contribution in [1.82, 2.24) is 0 Å². The molecule has 1 aliphatic heterocycles. The Balaban J connectivity index is 1.46. The first kappa shape index (κ1) is 22.3. The molecule has 3 aromatic rings. The van der Waals surface area contributed by atoms with E-state index in [1.165, 1.54) is 5.56 Å². The van der Waals surface area contributed by atoms with E-state index in [0.717, 1.165) is 11.3 Å². The summed E-state index contributed by atoms with van der Waals surface area (Å²) in [6, 6.07) is 21.3. The molecule has 0 fully saturated rings. The van der Waals surface area contributed by atoms with Gasteiger partial charge in [0.15, 0.2) is 6.61 Å². The molecule has 1 aliphatic rings. The highest BCUT2D eigenvalue weighted by atomic mass is 16.5. The van der Waals surface area contributed by atoms with E-state index in [-0.39, 0.29) is 28.8 Å². The fraction of sp³-hybridized carbons (Fsp3) is 0.222. The number of anilines is 2. The second-order valence-corrected chi connectivity index (χ2v) is 8.61. The normalized spacial score (nSPS) is 13.1. The molecular weight excluding hydrogens is 416 g/mol. The Morgan fingerprint density at radius 2 is 1.61 bits per heavy atom. The minimum atomic E-state index is -0.466. The van der Waals surface area contributed by atoms with Crippen molar-refractivity contribution in [2.24, 2.45) is 0 Å². The second-order valence-electron chi connectivity index (χ2n) is 8.61. The van der Waals surface area contributed by atoms with Gasteiger partial charge in [-0.15, -0.1) is 0 Å². The summed E-state index contributed by atoms with van der Waals surface area (Å²) in [5, 5.41) is 2.72. The van der Waals surface area contributed by atoms with Crippen LogP contribution in [-0.2, 0) is 10.2 Å². The first-order chi connectivity index (χ1) is 15.8. The summed E-state index contributed by atoms with van der Waals surface area (Å²) in [4.78, 5) is 39.6. The average molecular weight is 443 g/mol. The molecule has 0 saturated carbocycles. The van der Waals surface area contributed by atoms with E-state index in [2.05, 4.69) is 26.1 Å². The molecule has 3 amide bonds. The molecule has 0 radical (unpaired) electrons. The molecule has 1 heterocycles. The predicted molar refractivity (Wildman–Crippen MR) is 128 cm³/mol. The molecule has 0 unspecified atom stereocenters. The number of amides is 3. The van der Waals surface area contributed by atoms with Crippen LogP contribution in [0.2, 0.25) is 0 Å². The summed E-state index contributed by atoms with van der Waals surface area (Å²) in [5.41, 5.74) is 2.49. The van der Waals surface area contributed by atoms with Crippen molar-refractivity contribution in [3.8, 4) is 5.75 Å². The van der Waals surface area contributed by atoms with Gasteiger partial charge in [-0.2, -0.15) is 0 Å². The van der Waals surface area contributed by atoms with Crippen molar-refractivity contribution in [2.75, 3.05) is 16.8 Å². The summed E-state index contributed by atoms with van der Waals surface area (Å²) in [6.07, 6.45) is 1.01. The monoisotopic (exact) mass is 442 g/mol. The Kier molecular flexibility index (Phi) is 6.01. The Morgan fingerprint density at radius 1 is 0.909 bits per heavy atom. The molecule has 168 valence electrons. The van der Waals surface area contributed by atoms with Gasteiger partial charge in [0, 0.05) is 0 Å². The van der Waals surface area contributed by atoms with Crippen LogP contribution < -0.4 is 15.0 Å². The fourth-order valence-electron chi connectivity index (χ4n) is 3.74. The highest BCUT2D eigenvalue weighted by Gasteiger charge is 2.38. The van der Waals surface area contributed by atoms with Gasteiger partial charge in [0.05, 0.1) is 22.5 Å². The molecule has 33 heavy (non-hydrogen) atoms. The number of nitrogens with one attached hydrogen (secondary N) is 1. The highest BCUT2D eigenvalue weighted by Crippen LogP contribution is 2.33. The van der Waals surface area contributed by atoms with E-state index in [9.17, 15) is 14.4 Å². The van der Waals surface area contributed by atoms with Crippen LogP contribution in [0.5, 0.6) is 5.75 Å². The topological polar surface area (TPSA) is 75.7 Å². The third kappa shape index (κ3) is 4.37. The molecule has 0 atom stereocenters. The van der Waals surface area contributed by atoms with Crippen LogP contribution in [0.25, 0.3) is 0 Å². The van der Waals surface area contributed by atoms with Crippen molar-refractivity contribution in [2.45, 2.75) is 32.6 Å². The lowest BCUT2D eigenvalue weighted by atomic mass is 9.82. The van der Waals surface area contributed by atoms with Crippen molar-refractivity contribution >= 4 is 29.1 Å². The van der Waals surface area contributed by atoms with Crippen LogP contribution in [0.3, 0.4) is 0 Å². The van der Waals surface area contributed by atoms with E-state index in [0.29, 0.717) is 11.4 Å². The van der Waals surface area contributed by atoms with E-state index in [4.69, 9.17) is 4.74 Å². The molecule has 6 heteroatoms. The largest absolute Gasteiger partial charge is 0.484 e. The molecule has 1 N–H and O–H groups in total. The zero-order valence-corrected chi connectivity index (χ0v) is 18.9. The maximum Gasteiger partial charge on any atom is 0.268 e. The minimum absolute atomic E-state index is 0.0706. The van der Waals surface area contributed by atoms with Crippen LogP contribution in [0.4, 0.5) is 11.4 Å². The van der Waals surface area contributed by atoms with Crippen LogP contribution in [0, 0.1) is 0 Å². The van der Waals surface area contributed by atoms with Gasteiger partial charge in [0.1, 0.15) is 5.75 Å². The Morgan fingerprint density at radius 3 is 2.27 bits per heavy atom. The second kappa shape index (κ2) is 8.90. The number of hydrogen-bond donors (Lipinski definition) is 1. The third-order valence-electron chi connectivity index (χ3n) is 6.09. The summed E-state index contributed by atoms with van der Waals surface area (Å²) in [7, 11) is 0. The number of benzene rings is 3. The number of ether oxygens (including phenoxy) is 1. The molecule has 6 nitrogen and oxygen atoms in total. The van der Waals surface area contributed by atoms with Crippen LogP contribution in [0.15, 0.2) is 72.8 Å². The molecule has 4 rings (SSSR count). The van der Waals surface area contributed by atoms with E-state index in [1.54, 1.807) is 42.5 Å². The number of hydrogen-bond acceptors (Lipinski definition) is 4. The standard InChI is InChI=1S/C27H26N2O4/c1-4-27(2,3)18-13-15-20(16-14-18)33-17-23(30)28-22-12-8-11-21-24(22)26(32)29(25(21)31)19-9-6-5-7-10-19/h5-16H,4,17H2,1-3H3,(H,28,30). The SMILES string of the molecule is CCC(C)(C)c1ccc(OCC(=O)Nc2cccc3c2C(=O)N(c2ccccc2)C3=O)cc1. The fourth-order valence-corrected chi connectivity index (χ4v) is 3.74. The van der Waals surface area contributed by atoms with E-state index >= 15 is 0 Å². The van der Waals surface area contributed by atoms with Crippen molar-refractivity contribution in [1.29, 1.82) is 0 Å². The Bertz CT molecular complexity index is 1200. The van der Waals surface area contributed by atoms with Gasteiger partial charge < -0.3 is 10.1 Å². The van der Waals surface area contributed by atoms with Gasteiger partial charge in [-0.25, -0.2) is 4.90 Å². The number of rotatable bonds is 7. The van der Waals surface area contributed by atoms with Gasteiger partial charge in [-0.1, -0.05) is 57.2 Å². The lowest BCUT2D eigenvalue weighted by Crippen LogP contribution is -2.29. The molecule has 0 spiro atoms. The summed E-state index contributed by atoms with van der Waals surface area (Å²) in [6.45, 7) is 6.29. The zero-order chi connectivity index (χ0) is 23.6. The number of fused-ring (bicyclic) bond motifs is 1. The third-order valence-corrected chi connectivity index (χ3v) is 6.09. The number of nitrogens with zero attached hydrogens (tertiary/aromatic N) is 1. The predicted octanol–water partition coefficient (Wildman–Crippen LogP) is 5.19. The quantitative estimate of drug-likeness (QED) is 0.511. The van der Waals surface area contributed by atoms with Crippen molar-refractivity contribution in [3.05, 3.63) is 89.5 Å². The van der Waals surface area contributed by atoms with Crippen LogP contribution >= 0.6 is 0 Å².